The van der Waals surface area contributed by atoms with Crippen LogP contribution in [-0.2, 0) is 0 Å². The Bertz CT molecular complexity index is 108. The minimum Gasteiger partial charge on any atom is -0.386 e. The van der Waals surface area contributed by atoms with Gasteiger partial charge in [-0.3, -0.25) is 0 Å². The highest BCUT2D eigenvalue weighted by Crippen LogP contribution is 2.20. The van der Waals surface area contributed by atoms with Crippen LogP contribution in [0.3, 0.4) is 0 Å². The largest absolute Gasteiger partial charge is 0.386 e. The molecule has 9 heavy (non-hydrogen) atoms. The van der Waals surface area contributed by atoms with E-state index < -0.39 is 0 Å². The molecule has 0 saturated carbocycles. The van der Waals surface area contributed by atoms with Crippen molar-refractivity contribution in [1.82, 2.24) is 5.32 Å². The van der Waals surface area contributed by atoms with Gasteiger partial charge in [0.25, 0.3) is 0 Å². The van der Waals surface area contributed by atoms with E-state index in [0.717, 1.165) is 0 Å². The third-order valence-electron chi connectivity index (χ3n) is 1.92. The van der Waals surface area contributed by atoms with Gasteiger partial charge in [0.2, 0.25) is 0 Å². The van der Waals surface area contributed by atoms with Crippen LogP contribution in [0.25, 0.3) is 0 Å². The summed E-state index contributed by atoms with van der Waals surface area (Å²) in [5, 5.41) is 3.35. The molecular formula is C8H15N. The molecule has 1 rings (SSSR count). The topological polar surface area (TPSA) is 12.0 Å². The van der Waals surface area contributed by atoms with E-state index >= 15 is 0 Å². The van der Waals surface area contributed by atoms with Crippen molar-refractivity contribution in [1.29, 1.82) is 0 Å². The maximum atomic E-state index is 3.35. The maximum absolute atomic E-state index is 3.35. The van der Waals surface area contributed by atoms with Gasteiger partial charge >= 0.3 is 0 Å². The number of hydrogen-bond donors (Lipinski definition) is 1. The molecule has 0 aromatic heterocycles. The quantitative estimate of drug-likeness (QED) is 0.595. The first-order valence-electron chi connectivity index (χ1n) is 3.69. The monoisotopic (exact) mass is 125 g/mol. The molecule has 0 aromatic rings. The third-order valence-corrected chi connectivity index (χ3v) is 1.92. The van der Waals surface area contributed by atoms with Crippen molar-refractivity contribution in [2.75, 3.05) is 0 Å². The highest BCUT2D eigenvalue weighted by Gasteiger charge is 2.22. The van der Waals surface area contributed by atoms with E-state index in [1.54, 1.807) is 0 Å². The summed E-state index contributed by atoms with van der Waals surface area (Å²) in [6.45, 7) is 4.50. The predicted molar refractivity (Wildman–Crippen MR) is 40.2 cm³/mol. The van der Waals surface area contributed by atoms with Crippen LogP contribution >= 0.6 is 0 Å². The summed E-state index contributed by atoms with van der Waals surface area (Å²) >= 11 is 0. The smallest absolute Gasteiger partial charge is 0.0375 e. The van der Waals surface area contributed by atoms with Gasteiger partial charge in [0.15, 0.2) is 0 Å². The summed E-state index contributed by atoms with van der Waals surface area (Å²) < 4.78 is 0. The van der Waals surface area contributed by atoms with Gasteiger partial charge in [-0.1, -0.05) is 19.4 Å². The van der Waals surface area contributed by atoms with Crippen LogP contribution in [-0.4, -0.2) is 5.54 Å². The lowest BCUT2D eigenvalue weighted by atomic mass is 9.95. The minimum atomic E-state index is 0.384. The van der Waals surface area contributed by atoms with Gasteiger partial charge in [-0.05, 0) is 26.0 Å². The third kappa shape index (κ3) is 1.47. The van der Waals surface area contributed by atoms with E-state index in [2.05, 4.69) is 31.4 Å². The van der Waals surface area contributed by atoms with Gasteiger partial charge in [-0.2, -0.15) is 0 Å². The first-order valence-corrected chi connectivity index (χ1v) is 3.69. The highest BCUT2D eigenvalue weighted by molar-refractivity contribution is 5.03. The van der Waals surface area contributed by atoms with Crippen LogP contribution in [0, 0.1) is 0 Å². The molecule has 0 aromatic carbocycles. The molecule has 1 atom stereocenters. The van der Waals surface area contributed by atoms with E-state index in [9.17, 15) is 0 Å². The average Bonchev–Trinajstić information content (AvgIpc) is 2.16. The summed E-state index contributed by atoms with van der Waals surface area (Å²) in [4.78, 5) is 0. The molecule has 0 bridgehead atoms. The van der Waals surface area contributed by atoms with Gasteiger partial charge in [0.05, 0.1) is 0 Å². The Balaban J connectivity index is 2.36. The Kier molecular flexibility index (Phi) is 1.79. The fraction of sp³-hybridized carbons (Fsp3) is 0.750. The van der Waals surface area contributed by atoms with Crippen molar-refractivity contribution in [2.45, 2.75) is 38.6 Å². The lowest BCUT2D eigenvalue weighted by Crippen LogP contribution is -2.34. The van der Waals surface area contributed by atoms with Crippen molar-refractivity contribution in [3.63, 3.8) is 0 Å². The minimum absolute atomic E-state index is 0.384. The highest BCUT2D eigenvalue weighted by atomic mass is 15.0. The summed E-state index contributed by atoms with van der Waals surface area (Å²) in [6, 6.07) is 0. The zero-order valence-corrected chi connectivity index (χ0v) is 6.28. The second-order valence-corrected chi connectivity index (χ2v) is 3.06. The van der Waals surface area contributed by atoms with Crippen molar-refractivity contribution in [3.8, 4) is 0 Å². The number of rotatable bonds is 2. The molecule has 1 heteroatoms. The van der Waals surface area contributed by atoms with E-state index in [4.69, 9.17) is 0 Å². The molecule has 0 saturated heterocycles. The van der Waals surface area contributed by atoms with Gasteiger partial charge in [0.1, 0.15) is 0 Å². The van der Waals surface area contributed by atoms with E-state index in [-0.39, 0.29) is 0 Å². The van der Waals surface area contributed by atoms with Crippen molar-refractivity contribution in [2.24, 2.45) is 0 Å². The first-order chi connectivity index (χ1) is 4.27. The lowest BCUT2D eigenvalue weighted by Gasteiger charge is -2.23. The Morgan fingerprint density at radius 1 is 1.67 bits per heavy atom. The number of nitrogens with one attached hydrogen (secondary N) is 1. The summed E-state index contributed by atoms with van der Waals surface area (Å²) in [7, 11) is 0. The summed E-state index contributed by atoms with van der Waals surface area (Å²) in [6.07, 6.45) is 8.01. The Labute approximate surface area is 57.1 Å². The molecule has 1 aliphatic heterocycles. The molecule has 0 radical (unpaired) electrons. The maximum Gasteiger partial charge on any atom is 0.0375 e. The molecule has 0 amide bonds. The molecule has 0 fully saturated rings. The van der Waals surface area contributed by atoms with Gasteiger partial charge in [-0.15, -0.1) is 0 Å². The van der Waals surface area contributed by atoms with E-state index in [1.807, 2.05) is 0 Å². The first kappa shape index (κ1) is 6.66. The SMILES string of the molecule is CCCC1(C)CC=CN1. The van der Waals surface area contributed by atoms with E-state index in [0.29, 0.717) is 5.54 Å². The van der Waals surface area contributed by atoms with Gasteiger partial charge in [-0.25, -0.2) is 0 Å². The molecule has 0 aliphatic carbocycles. The second kappa shape index (κ2) is 2.42. The molecule has 1 nitrogen and oxygen atoms in total. The summed E-state index contributed by atoms with van der Waals surface area (Å²) in [5.41, 5.74) is 0.384. The molecule has 52 valence electrons. The molecule has 1 N–H and O–H groups in total. The normalized spacial score (nSPS) is 32.7. The molecular weight excluding hydrogens is 110 g/mol. The van der Waals surface area contributed by atoms with Crippen LogP contribution in [0.4, 0.5) is 0 Å². The Morgan fingerprint density at radius 2 is 2.44 bits per heavy atom. The fourth-order valence-corrected chi connectivity index (χ4v) is 1.36. The lowest BCUT2D eigenvalue weighted by molar-refractivity contribution is 0.393. The standard InChI is InChI=1S/C8H15N/c1-3-5-8(2)6-4-7-9-8/h4,7,9H,3,5-6H2,1-2H3. The van der Waals surface area contributed by atoms with Crippen molar-refractivity contribution in [3.05, 3.63) is 12.3 Å². The van der Waals surface area contributed by atoms with Crippen molar-refractivity contribution < 1.29 is 0 Å². The Morgan fingerprint density at radius 3 is 2.89 bits per heavy atom. The Hall–Kier alpha value is -0.460. The average molecular weight is 125 g/mol. The van der Waals surface area contributed by atoms with Crippen LogP contribution in [0.2, 0.25) is 0 Å². The fourth-order valence-electron chi connectivity index (χ4n) is 1.36. The van der Waals surface area contributed by atoms with Gasteiger partial charge < -0.3 is 5.32 Å². The molecule has 1 unspecified atom stereocenters. The van der Waals surface area contributed by atoms with Gasteiger partial charge in [0, 0.05) is 5.54 Å². The van der Waals surface area contributed by atoms with Crippen LogP contribution in [0.5, 0.6) is 0 Å². The van der Waals surface area contributed by atoms with Crippen LogP contribution in [0.1, 0.15) is 33.1 Å². The van der Waals surface area contributed by atoms with E-state index in [1.165, 1.54) is 19.3 Å². The molecule has 1 heterocycles. The molecule has 0 spiro atoms. The number of hydrogen-bond acceptors (Lipinski definition) is 1. The summed E-state index contributed by atoms with van der Waals surface area (Å²) in [5.74, 6) is 0. The van der Waals surface area contributed by atoms with Crippen LogP contribution < -0.4 is 5.32 Å². The predicted octanol–water partition coefficient (Wildman–Crippen LogP) is 2.05. The second-order valence-electron chi connectivity index (χ2n) is 3.06. The zero-order valence-electron chi connectivity index (χ0n) is 6.28. The van der Waals surface area contributed by atoms with Crippen molar-refractivity contribution >= 4 is 0 Å². The molecule has 1 aliphatic rings. The van der Waals surface area contributed by atoms with Crippen LogP contribution in [0.15, 0.2) is 12.3 Å². The zero-order chi connectivity index (χ0) is 6.74.